The predicted octanol–water partition coefficient (Wildman–Crippen LogP) is 1.90. The second kappa shape index (κ2) is 7.34. The van der Waals surface area contributed by atoms with Gasteiger partial charge in [0, 0.05) is 50.5 Å². The van der Waals surface area contributed by atoms with Gasteiger partial charge in [-0.15, -0.1) is 0 Å². The smallest absolute Gasteiger partial charge is 0.0547 e. The Kier molecular flexibility index (Phi) is 5.73. The Bertz CT molecular complexity index is 438. The van der Waals surface area contributed by atoms with Crippen molar-refractivity contribution in [1.29, 1.82) is 0 Å². The highest BCUT2D eigenvalue weighted by atomic mass is 15.3. The van der Waals surface area contributed by atoms with Crippen LogP contribution in [0.3, 0.4) is 0 Å². The van der Waals surface area contributed by atoms with Crippen molar-refractivity contribution in [3.63, 3.8) is 0 Å². The van der Waals surface area contributed by atoms with E-state index in [9.17, 15) is 0 Å². The molecule has 1 saturated heterocycles. The molecule has 1 fully saturated rings. The molecule has 0 unspecified atom stereocenters. The van der Waals surface area contributed by atoms with Crippen molar-refractivity contribution in [1.82, 2.24) is 20.1 Å². The summed E-state index contributed by atoms with van der Waals surface area (Å²) in [6.07, 6.45) is 0. The molecule has 0 aromatic carbocycles. The molecule has 0 spiro atoms. The van der Waals surface area contributed by atoms with Crippen LogP contribution in [0, 0.1) is 6.92 Å². The highest BCUT2D eigenvalue weighted by molar-refractivity contribution is 5.10. The van der Waals surface area contributed by atoms with Crippen molar-refractivity contribution in [2.24, 2.45) is 0 Å². The number of rotatable bonds is 6. The monoisotopic (exact) mass is 290 g/mol. The molecule has 4 heteroatoms. The summed E-state index contributed by atoms with van der Waals surface area (Å²) in [4.78, 5) is 9.75. The number of hydrogen-bond acceptors (Lipinski definition) is 4. The second-order valence-electron chi connectivity index (χ2n) is 6.62. The van der Waals surface area contributed by atoms with Crippen LogP contribution in [0.5, 0.6) is 0 Å². The lowest BCUT2D eigenvalue weighted by atomic mass is 10.0. The van der Waals surface area contributed by atoms with Crippen LogP contribution >= 0.6 is 0 Å². The van der Waals surface area contributed by atoms with Crippen LogP contribution in [0.15, 0.2) is 18.2 Å². The Morgan fingerprint density at radius 2 is 2.00 bits per heavy atom. The summed E-state index contributed by atoms with van der Waals surface area (Å²) >= 11 is 0. The average molecular weight is 290 g/mol. The Labute approximate surface area is 129 Å². The van der Waals surface area contributed by atoms with Gasteiger partial charge in [-0.1, -0.05) is 13.0 Å². The number of hydrogen-bond donors (Lipinski definition) is 1. The third-order valence-electron chi connectivity index (χ3n) is 4.36. The molecule has 0 aliphatic carbocycles. The lowest BCUT2D eigenvalue weighted by Crippen LogP contribution is -2.57. The first-order chi connectivity index (χ1) is 10.0. The summed E-state index contributed by atoms with van der Waals surface area (Å²) in [6.45, 7) is 16.6. The van der Waals surface area contributed by atoms with Crippen LogP contribution in [0.2, 0.25) is 0 Å². The fourth-order valence-corrected chi connectivity index (χ4v) is 3.11. The van der Waals surface area contributed by atoms with Gasteiger partial charge >= 0.3 is 0 Å². The van der Waals surface area contributed by atoms with Crippen LogP contribution in [0.1, 0.15) is 32.2 Å². The van der Waals surface area contributed by atoms with Gasteiger partial charge in [-0.05, 0) is 39.4 Å². The number of likely N-dealkylation sites (N-methyl/N-ethyl adjacent to an activating group) is 1. The van der Waals surface area contributed by atoms with Crippen molar-refractivity contribution in [2.45, 2.75) is 39.8 Å². The van der Waals surface area contributed by atoms with E-state index in [1.54, 1.807) is 0 Å². The number of aryl methyl sites for hydroxylation is 1. The molecule has 118 valence electrons. The minimum Gasteiger partial charge on any atom is -0.314 e. The molecule has 1 aromatic heterocycles. The van der Waals surface area contributed by atoms with Gasteiger partial charge in [0.1, 0.15) is 0 Å². The first-order valence-electron chi connectivity index (χ1n) is 8.12. The normalized spacial score (nSPS) is 17.4. The number of nitrogens with one attached hydrogen (secondary N) is 1. The number of pyridine rings is 1. The Morgan fingerprint density at radius 3 is 2.62 bits per heavy atom. The van der Waals surface area contributed by atoms with Crippen LogP contribution in [0.4, 0.5) is 0 Å². The summed E-state index contributed by atoms with van der Waals surface area (Å²) < 4.78 is 0. The van der Waals surface area contributed by atoms with E-state index in [-0.39, 0.29) is 5.54 Å². The minimum atomic E-state index is 0.210. The summed E-state index contributed by atoms with van der Waals surface area (Å²) in [5, 5.41) is 3.43. The van der Waals surface area contributed by atoms with E-state index >= 15 is 0 Å². The number of aromatic nitrogens is 1. The second-order valence-corrected chi connectivity index (χ2v) is 6.62. The van der Waals surface area contributed by atoms with Gasteiger partial charge in [0.05, 0.1) is 5.69 Å². The van der Waals surface area contributed by atoms with E-state index in [2.05, 4.69) is 66.0 Å². The average Bonchev–Trinajstić information content (AvgIpc) is 2.47. The fourth-order valence-electron chi connectivity index (χ4n) is 3.11. The molecule has 0 saturated carbocycles. The summed E-state index contributed by atoms with van der Waals surface area (Å²) in [5.74, 6) is 0. The molecule has 0 bridgehead atoms. The molecule has 2 rings (SSSR count). The molecule has 0 atom stereocenters. The van der Waals surface area contributed by atoms with E-state index in [4.69, 9.17) is 0 Å². The molecule has 1 aliphatic rings. The molecule has 1 aromatic rings. The standard InChI is InChI=1S/C17H30N4/c1-5-20(13-16-8-6-7-15(2)19-16)14-17(3,4)21-11-9-18-10-12-21/h6-8,18H,5,9-14H2,1-4H3. The third kappa shape index (κ3) is 4.77. The number of piperazine rings is 1. The third-order valence-corrected chi connectivity index (χ3v) is 4.36. The van der Waals surface area contributed by atoms with Gasteiger partial charge in [-0.2, -0.15) is 0 Å². The van der Waals surface area contributed by atoms with Crippen molar-refractivity contribution >= 4 is 0 Å². The van der Waals surface area contributed by atoms with E-state index in [1.165, 1.54) is 5.69 Å². The first kappa shape index (κ1) is 16.4. The van der Waals surface area contributed by atoms with Gasteiger partial charge in [0.15, 0.2) is 0 Å². The Balaban J connectivity index is 1.97. The SMILES string of the molecule is CCN(Cc1cccc(C)n1)CC(C)(C)N1CCNCC1. The van der Waals surface area contributed by atoms with Gasteiger partial charge < -0.3 is 5.32 Å². The largest absolute Gasteiger partial charge is 0.314 e. The van der Waals surface area contributed by atoms with E-state index < -0.39 is 0 Å². The van der Waals surface area contributed by atoms with Crippen LogP contribution in [-0.2, 0) is 6.54 Å². The van der Waals surface area contributed by atoms with Crippen molar-refractivity contribution in [3.05, 3.63) is 29.6 Å². The van der Waals surface area contributed by atoms with Crippen LogP contribution in [-0.4, -0.2) is 59.6 Å². The molecule has 0 radical (unpaired) electrons. The van der Waals surface area contributed by atoms with E-state index in [0.717, 1.165) is 51.5 Å². The van der Waals surface area contributed by atoms with Crippen molar-refractivity contribution in [2.75, 3.05) is 39.3 Å². The summed E-state index contributed by atoms with van der Waals surface area (Å²) in [7, 11) is 0. The zero-order valence-corrected chi connectivity index (χ0v) is 14.0. The first-order valence-corrected chi connectivity index (χ1v) is 8.12. The maximum absolute atomic E-state index is 4.64. The highest BCUT2D eigenvalue weighted by Crippen LogP contribution is 2.18. The lowest BCUT2D eigenvalue weighted by Gasteiger charge is -2.43. The number of nitrogens with zero attached hydrogens (tertiary/aromatic N) is 3. The van der Waals surface area contributed by atoms with Gasteiger partial charge in [0.25, 0.3) is 0 Å². The topological polar surface area (TPSA) is 31.4 Å². The lowest BCUT2D eigenvalue weighted by molar-refractivity contribution is 0.0619. The van der Waals surface area contributed by atoms with Crippen LogP contribution in [0.25, 0.3) is 0 Å². The quantitative estimate of drug-likeness (QED) is 0.867. The highest BCUT2D eigenvalue weighted by Gasteiger charge is 2.29. The van der Waals surface area contributed by atoms with E-state index in [0.29, 0.717) is 0 Å². The summed E-state index contributed by atoms with van der Waals surface area (Å²) in [5.41, 5.74) is 2.49. The molecule has 1 aliphatic heterocycles. The molecular formula is C17H30N4. The Morgan fingerprint density at radius 1 is 1.29 bits per heavy atom. The van der Waals surface area contributed by atoms with Gasteiger partial charge in [-0.25, -0.2) is 0 Å². The maximum atomic E-state index is 4.64. The zero-order chi connectivity index (χ0) is 15.3. The summed E-state index contributed by atoms with van der Waals surface area (Å²) in [6, 6.07) is 6.30. The van der Waals surface area contributed by atoms with Crippen LogP contribution < -0.4 is 5.32 Å². The molecule has 2 heterocycles. The van der Waals surface area contributed by atoms with Crippen molar-refractivity contribution in [3.8, 4) is 0 Å². The molecule has 1 N–H and O–H groups in total. The van der Waals surface area contributed by atoms with E-state index in [1.807, 2.05) is 0 Å². The maximum Gasteiger partial charge on any atom is 0.0547 e. The zero-order valence-electron chi connectivity index (χ0n) is 14.0. The molecular weight excluding hydrogens is 260 g/mol. The van der Waals surface area contributed by atoms with Gasteiger partial charge in [-0.3, -0.25) is 14.8 Å². The molecule has 0 amide bonds. The molecule has 4 nitrogen and oxygen atoms in total. The Hall–Kier alpha value is -0.970. The van der Waals surface area contributed by atoms with Gasteiger partial charge in [0.2, 0.25) is 0 Å². The van der Waals surface area contributed by atoms with Crippen molar-refractivity contribution < 1.29 is 0 Å². The predicted molar refractivity (Wildman–Crippen MR) is 88.4 cm³/mol. The minimum absolute atomic E-state index is 0.210. The molecule has 21 heavy (non-hydrogen) atoms. The fraction of sp³-hybridized carbons (Fsp3) is 0.706.